The van der Waals surface area contributed by atoms with Crippen LogP contribution in [-0.4, -0.2) is 44.5 Å². The van der Waals surface area contributed by atoms with Gasteiger partial charge in [-0.2, -0.15) is 0 Å². The van der Waals surface area contributed by atoms with Gasteiger partial charge in [-0.3, -0.25) is 9.59 Å². The molecule has 0 spiro atoms. The Morgan fingerprint density at radius 2 is 1.90 bits per heavy atom. The number of amides is 2. The van der Waals surface area contributed by atoms with Crippen LogP contribution in [0.25, 0.3) is 0 Å². The summed E-state index contributed by atoms with van der Waals surface area (Å²) in [5, 5.41) is 9.26. The second-order valence-electron chi connectivity index (χ2n) is 7.47. The topological polar surface area (TPSA) is 85.8 Å². The molecule has 3 N–H and O–H groups in total. The molecule has 2 aromatic rings. The van der Waals surface area contributed by atoms with Crippen molar-refractivity contribution in [3.8, 4) is 0 Å². The van der Waals surface area contributed by atoms with Crippen molar-refractivity contribution in [1.82, 2.24) is 16.0 Å². The summed E-state index contributed by atoms with van der Waals surface area (Å²) in [5.41, 5.74) is 3.81. The lowest BCUT2D eigenvalue weighted by Gasteiger charge is -2.16. The highest BCUT2D eigenvalue weighted by atomic mass is 16.2. The Morgan fingerprint density at radius 3 is 2.58 bits per heavy atom. The third kappa shape index (κ3) is 6.31. The number of carbonyl (C=O) groups excluding carboxylic acids is 2. The molecule has 1 heterocycles. The van der Waals surface area contributed by atoms with Crippen molar-refractivity contribution in [2.24, 2.45) is 4.99 Å². The first-order chi connectivity index (χ1) is 15.1. The van der Waals surface area contributed by atoms with Crippen LogP contribution in [0.5, 0.6) is 0 Å². The number of carbonyl (C=O) groups is 2. The summed E-state index contributed by atoms with van der Waals surface area (Å²) in [6.45, 7) is 4.87. The van der Waals surface area contributed by atoms with E-state index >= 15 is 0 Å². The first-order valence-corrected chi connectivity index (χ1v) is 10.8. The third-order valence-corrected chi connectivity index (χ3v) is 5.21. The molecule has 31 heavy (non-hydrogen) atoms. The van der Waals surface area contributed by atoms with E-state index in [0.717, 1.165) is 48.7 Å². The van der Waals surface area contributed by atoms with E-state index in [-0.39, 0.29) is 11.8 Å². The van der Waals surface area contributed by atoms with Crippen molar-refractivity contribution in [1.29, 1.82) is 0 Å². The lowest BCUT2D eigenvalue weighted by molar-refractivity contribution is -0.117. The van der Waals surface area contributed by atoms with E-state index in [9.17, 15) is 9.59 Å². The lowest BCUT2D eigenvalue weighted by atomic mass is 10.1. The van der Waals surface area contributed by atoms with E-state index in [1.807, 2.05) is 60.4 Å². The van der Waals surface area contributed by atoms with Crippen molar-refractivity contribution >= 4 is 23.5 Å². The summed E-state index contributed by atoms with van der Waals surface area (Å²) in [4.78, 5) is 30.2. The van der Waals surface area contributed by atoms with Gasteiger partial charge in [0.1, 0.15) is 0 Å². The molecule has 1 aliphatic heterocycles. The van der Waals surface area contributed by atoms with E-state index < -0.39 is 0 Å². The van der Waals surface area contributed by atoms with Gasteiger partial charge in [-0.1, -0.05) is 24.3 Å². The minimum atomic E-state index is -0.0789. The SMILES string of the molecule is CCNC(=NCc1ccc(N2CCCC2=O)cc1)NCCc1cccc(C(=O)NC)c1. The van der Waals surface area contributed by atoms with Gasteiger partial charge in [-0.15, -0.1) is 0 Å². The molecule has 3 rings (SSSR count). The summed E-state index contributed by atoms with van der Waals surface area (Å²) in [6, 6.07) is 15.7. The van der Waals surface area contributed by atoms with Crippen molar-refractivity contribution in [3.63, 3.8) is 0 Å². The van der Waals surface area contributed by atoms with Crippen LogP contribution in [0.2, 0.25) is 0 Å². The Hall–Kier alpha value is -3.35. The van der Waals surface area contributed by atoms with Crippen molar-refractivity contribution < 1.29 is 9.59 Å². The number of rotatable bonds is 8. The van der Waals surface area contributed by atoms with Gasteiger partial charge in [0.2, 0.25) is 5.91 Å². The molecule has 0 aromatic heterocycles. The predicted octanol–water partition coefficient (Wildman–Crippen LogP) is 2.47. The quantitative estimate of drug-likeness (QED) is 0.452. The predicted molar refractivity (Wildman–Crippen MR) is 124 cm³/mol. The molecule has 7 nitrogen and oxygen atoms in total. The van der Waals surface area contributed by atoms with Gasteiger partial charge in [0, 0.05) is 44.4 Å². The van der Waals surface area contributed by atoms with Gasteiger partial charge in [0.25, 0.3) is 5.91 Å². The zero-order chi connectivity index (χ0) is 22.1. The fraction of sp³-hybridized carbons (Fsp3) is 0.375. The molecule has 0 unspecified atom stereocenters. The summed E-state index contributed by atoms with van der Waals surface area (Å²) >= 11 is 0. The van der Waals surface area contributed by atoms with E-state index in [2.05, 4.69) is 20.9 Å². The van der Waals surface area contributed by atoms with Crippen LogP contribution in [0.4, 0.5) is 5.69 Å². The zero-order valence-corrected chi connectivity index (χ0v) is 18.3. The fourth-order valence-electron chi connectivity index (χ4n) is 3.55. The molecule has 1 fully saturated rings. The minimum absolute atomic E-state index is 0.0789. The van der Waals surface area contributed by atoms with Crippen LogP contribution >= 0.6 is 0 Å². The normalized spacial score (nSPS) is 13.9. The molecule has 7 heteroatoms. The molecular weight excluding hydrogens is 390 g/mol. The highest BCUT2D eigenvalue weighted by molar-refractivity contribution is 5.95. The number of nitrogens with zero attached hydrogens (tertiary/aromatic N) is 2. The summed E-state index contributed by atoms with van der Waals surface area (Å²) in [6.07, 6.45) is 2.35. The van der Waals surface area contributed by atoms with Gasteiger partial charge in [0.05, 0.1) is 6.54 Å². The molecule has 164 valence electrons. The van der Waals surface area contributed by atoms with Crippen LogP contribution in [-0.2, 0) is 17.8 Å². The Morgan fingerprint density at radius 1 is 1.10 bits per heavy atom. The average Bonchev–Trinajstić information content (AvgIpc) is 3.23. The van der Waals surface area contributed by atoms with Crippen LogP contribution in [0.1, 0.15) is 41.3 Å². The Kier molecular flexibility index (Phi) is 8.04. The van der Waals surface area contributed by atoms with Gasteiger partial charge < -0.3 is 20.9 Å². The maximum atomic E-state index is 11.9. The first-order valence-electron chi connectivity index (χ1n) is 10.8. The third-order valence-electron chi connectivity index (χ3n) is 5.21. The maximum Gasteiger partial charge on any atom is 0.251 e. The maximum absolute atomic E-state index is 11.9. The van der Waals surface area contributed by atoms with Crippen molar-refractivity contribution in [2.45, 2.75) is 32.7 Å². The molecule has 0 bridgehead atoms. The van der Waals surface area contributed by atoms with Crippen molar-refractivity contribution in [3.05, 3.63) is 65.2 Å². The van der Waals surface area contributed by atoms with Crippen LogP contribution < -0.4 is 20.9 Å². The molecule has 2 aromatic carbocycles. The smallest absolute Gasteiger partial charge is 0.251 e. The molecule has 1 aliphatic rings. The van der Waals surface area contributed by atoms with E-state index in [1.54, 1.807) is 7.05 Å². The first kappa shape index (κ1) is 22.3. The second-order valence-corrected chi connectivity index (χ2v) is 7.47. The average molecular weight is 422 g/mol. The molecule has 0 radical (unpaired) electrons. The Bertz CT molecular complexity index is 924. The van der Waals surface area contributed by atoms with E-state index in [0.29, 0.717) is 25.1 Å². The van der Waals surface area contributed by atoms with Gasteiger partial charge in [0.15, 0.2) is 5.96 Å². The molecular formula is C24H31N5O2. The van der Waals surface area contributed by atoms with E-state index in [1.165, 1.54) is 0 Å². The number of hydrogen-bond acceptors (Lipinski definition) is 3. The second kappa shape index (κ2) is 11.2. The highest BCUT2D eigenvalue weighted by Crippen LogP contribution is 2.21. The number of anilines is 1. The van der Waals surface area contributed by atoms with Gasteiger partial charge >= 0.3 is 0 Å². The number of guanidine groups is 1. The van der Waals surface area contributed by atoms with Gasteiger partial charge in [-0.05, 0) is 55.2 Å². The summed E-state index contributed by atoms with van der Waals surface area (Å²) in [7, 11) is 1.63. The molecule has 2 amide bonds. The van der Waals surface area contributed by atoms with Crippen LogP contribution in [0.15, 0.2) is 53.5 Å². The zero-order valence-electron chi connectivity index (χ0n) is 18.3. The Labute approximate surface area is 183 Å². The summed E-state index contributed by atoms with van der Waals surface area (Å²) in [5.74, 6) is 0.874. The van der Waals surface area contributed by atoms with Crippen molar-refractivity contribution in [2.75, 3.05) is 31.6 Å². The standard InChI is InChI=1S/C24H31N5O2/c1-3-26-24(27-14-13-18-6-4-7-20(16-18)23(31)25-2)28-17-19-9-11-21(12-10-19)29-15-5-8-22(29)30/h4,6-7,9-12,16H,3,5,8,13-15,17H2,1-2H3,(H,25,31)(H2,26,27,28). The molecule has 1 saturated heterocycles. The Balaban J connectivity index is 1.54. The number of benzene rings is 2. The van der Waals surface area contributed by atoms with Crippen LogP contribution in [0, 0.1) is 0 Å². The number of nitrogens with one attached hydrogen (secondary N) is 3. The minimum Gasteiger partial charge on any atom is -0.357 e. The van der Waals surface area contributed by atoms with E-state index in [4.69, 9.17) is 0 Å². The molecule has 0 aliphatic carbocycles. The lowest BCUT2D eigenvalue weighted by Crippen LogP contribution is -2.38. The number of hydrogen-bond donors (Lipinski definition) is 3. The highest BCUT2D eigenvalue weighted by Gasteiger charge is 2.21. The largest absolute Gasteiger partial charge is 0.357 e. The fourth-order valence-corrected chi connectivity index (χ4v) is 3.55. The van der Waals surface area contributed by atoms with Gasteiger partial charge in [-0.25, -0.2) is 4.99 Å². The summed E-state index contributed by atoms with van der Waals surface area (Å²) < 4.78 is 0. The molecule has 0 saturated carbocycles. The monoisotopic (exact) mass is 421 g/mol. The van der Waals surface area contributed by atoms with Crippen LogP contribution in [0.3, 0.4) is 0 Å². The molecule has 0 atom stereocenters. The number of aliphatic imine (C=N–C) groups is 1.